The molecule has 0 aliphatic heterocycles. The van der Waals surface area contributed by atoms with Gasteiger partial charge in [0, 0.05) is 0 Å². The Hall–Kier alpha value is -1.07. The van der Waals surface area contributed by atoms with Gasteiger partial charge in [0.15, 0.2) is 0 Å². The Morgan fingerprint density at radius 1 is 0.600 bits per heavy atom. The van der Waals surface area contributed by atoms with Crippen LogP contribution in [0.3, 0.4) is 0 Å². The van der Waals surface area contributed by atoms with Crippen molar-refractivity contribution in [2.75, 3.05) is 26.2 Å². The predicted molar refractivity (Wildman–Crippen MR) is 74.1 cm³/mol. The number of halogens is 6. The third-order valence-corrected chi connectivity index (χ3v) is 2.07. The first-order valence-electron chi connectivity index (χ1n) is 5.55. The second kappa shape index (κ2) is 6.59. The summed E-state index contributed by atoms with van der Waals surface area (Å²) in [5, 5.41) is 0. The van der Waals surface area contributed by atoms with Crippen molar-refractivity contribution < 1.29 is 29.7 Å². The van der Waals surface area contributed by atoms with E-state index in [9.17, 15) is 25.2 Å². The normalized spacial score (nSPS) is 14.9. The van der Waals surface area contributed by atoms with Crippen molar-refractivity contribution in [1.82, 2.24) is 0 Å². The summed E-state index contributed by atoms with van der Waals surface area (Å²) in [4.78, 5) is 0. The van der Waals surface area contributed by atoms with E-state index in [-0.39, 0.29) is 0 Å². The molecule has 0 aromatic carbocycles. The number of quaternary nitrogens is 1. The third kappa shape index (κ3) is 19.3. The molecule has 0 aromatic heterocycles. The van der Waals surface area contributed by atoms with Crippen molar-refractivity contribution in [3.63, 3.8) is 0 Å². The van der Waals surface area contributed by atoms with Crippen molar-refractivity contribution in [3.8, 4) is 0 Å². The van der Waals surface area contributed by atoms with E-state index in [1.54, 1.807) is 0 Å². The summed E-state index contributed by atoms with van der Waals surface area (Å²) < 4.78 is 60.1. The van der Waals surface area contributed by atoms with Gasteiger partial charge in [-0.3, -0.25) is 0 Å². The Kier molecular flexibility index (Phi) is 6.99. The van der Waals surface area contributed by atoms with Crippen LogP contribution in [0.15, 0.2) is 50.6 Å². The van der Waals surface area contributed by atoms with E-state index in [1.165, 1.54) is 0 Å². The topological polar surface area (TPSA) is 0 Å². The van der Waals surface area contributed by atoms with Gasteiger partial charge in [-0.05, 0) is 24.3 Å². The van der Waals surface area contributed by atoms with Crippen LogP contribution in [0.5, 0.6) is 0 Å². The fraction of sp³-hybridized carbons (Fsp3) is 0.333. The molecule has 0 bridgehead atoms. The Labute approximate surface area is 115 Å². The van der Waals surface area contributed by atoms with Crippen LogP contribution in [0.2, 0.25) is 0 Å². The molecule has 0 N–H and O–H groups in total. The average molecular weight is 323 g/mol. The van der Waals surface area contributed by atoms with Gasteiger partial charge in [0.1, 0.15) is 0 Å². The zero-order chi connectivity index (χ0) is 16.6. The first kappa shape index (κ1) is 21.2. The van der Waals surface area contributed by atoms with E-state index in [0.717, 1.165) is 30.7 Å². The molecule has 0 fully saturated rings. The predicted octanol–water partition coefficient (Wildman–Crippen LogP) is 5.93. The van der Waals surface area contributed by atoms with E-state index < -0.39 is 7.81 Å². The van der Waals surface area contributed by atoms with Crippen LogP contribution >= 0.6 is 7.81 Å². The van der Waals surface area contributed by atoms with Crippen LogP contribution in [-0.4, -0.2) is 30.7 Å². The summed E-state index contributed by atoms with van der Waals surface area (Å²) in [7, 11) is -10.7. The van der Waals surface area contributed by atoms with E-state index >= 15 is 0 Å². The Morgan fingerprint density at radius 2 is 0.750 bits per heavy atom. The maximum atomic E-state index is 9.87. The van der Waals surface area contributed by atoms with Crippen LogP contribution in [-0.2, 0) is 0 Å². The molecule has 0 atom stereocenters. The van der Waals surface area contributed by atoms with Gasteiger partial charge in [0.2, 0.25) is 0 Å². The molecule has 0 unspecified atom stereocenters. The fourth-order valence-corrected chi connectivity index (χ4v) is 1.54. The number of nitrogens with zero attached hydrogens (tertiary/aromatic N) is 1. The maximum absolute atomic E-state index is 10.7. The van der Waals surface area contributed by atoms with E-state index in [4.69, 9.17) is 0 Å². The molecule has 8 heteroatoms. The molecule has 0 spiro atoms. The summed E-state index contributed by atoms with van der Waals surface area (Å²) in [6.45, 7) is 18.8. The number of hydrogen-bond acceptors (Lipinski definition) is 0. The second-order valence-electron chi connectivity index (χ2n) is 4.18. The van der Waals surface area contributed by atoms with Gasteiger partial charge < -0.3 is 4.48 Å². The minimum atomic E-state index is -10.7. The molecule has 0 aromatic rings. The summed E-state index contributed by atoms with van der Waals surface area (Å²) in [5.74, 6) is 0. The van der Waals surface area contributed by atoms with Crippen molar-refractivity contribution >= 4 is 7.81 Å². The first-order chi connectivity index (χ1) is 8.69. The molecule has 120 valence electrons. The van der Waals surface area contributed by atoms with Crippen LogP contribution in [0.4, 0.5) is 25.2 Å². The third-order valence-electron chi connectivity index (χ3n) is 2.07. The van der Waals surface area contributed by atoms with E-state index in [2.05, 4.69) is 26.3 Å². The molecule has 20 heavy (non-hydrogen) atoms. The van der Waals surface area contributed by atoms with E-state index in [1.807, 2.05) is 24.3 Å². The first-order valence-corrected chi connectivity index (χ1v) is 7.57. The quantitative estimate of drug-likeness (QED) is 0.225. The van der Waals surface area contributed by atoms with Crippen molar-refractivity contribution in [2.24, 2.45) is 0 Å². The summed E-state index contributed by atoms with van der Waals surface area (Å²) >= 11 is 0. The minimum absolute atomic E-state index is 0.903. The van der Waals surface area contributed by atoms with Crippen molar-refractivity contribution in [3.05, 3.63) is 50.6 Å². The van der Waals surface area contributed by atoms with Gasteiger partial charge in [-0.15, -0.1) is 0 Å². The number of rotatable bonds is 8. The fourth-order valence-electron chi connectivity index (χ4n) is 1.54. The average Bonchev–Trinajstić information content (AvgIpc) is 2.14. The monoisotopic (exact) mass is 323 g/mol. The summed E-state index contributed by atoms with van der Waals surface area (Å²) in [6, 6.07) is 0. The van der Waals surface area contributed by atoms with Crippen molar-refractivity contribution in [1.29, 1.82) is 0 Å². The van der Waals surface area contributed by atoms with Gasteiger partial charge in [-0.25, -0.2) is 0 Å². The van der Waals surface area contributed by atoms with Gasteiger partial charge in [-0.2, -0.15) is 0 Å². The zero-order valence-corrected chi connectivity index (χ0v) is 12.0. The molecule has 0 aliphatic carbocycles. The zero-order valence-electron chi connectivity index (χ0n) is 11.1. The molecule has 0 saturated heterocycles. The van der Waals surface area contributed by atoms with Gasteiger partial charge in [0.05, 0.1) is 26.2 Å². The Bertz CT molecular complexity index is 299. The van der Waals surface area contributed by atoms with Crippen LogP contribution < -0.4 is 0 Å². The molecule has 0 radical (unpaired) electrons. The molecule has 0 aliphatic rings. The number of hydrogen-bond donors (Lipinski definition) is 0. The summed E-state index contributed by atoms with van der Waals surface area (Å²) in [5.41, 5.74) is 0. The van der Waals surface area contributed by atoms with Gasteiger partial charge in [-0.1, -0.05) is 26.3 Å². The Balaban J connectivity index is 0. The molecular weight excluding hydrogens is 303 g/mol. The van der Waals surface area contributed by atoms with Crippen LogP contribution in [0.25, 0.3) is 0 Å². The van der Waals surface area contributed by atoms with E-state index in [0.29, 0.717) is 0 Å². The summed E-state index contributed by atoms with van der Waals surface area (Å²) in [6.07, 6.45) is 7.76. The van der Waals surface area contributed by atoms with Crippen molar-refractivity contribution in [2.45, 2.75) is 0 Å². The molecule has 1 nitrogen and oxygen atoms in total. The molecule has 0 amide bonds. The standard InChI is InChI=1S/C12H20N.F6P/c1-5-9-13(10-6-2,11-7-3)12-8-4;1-7(2,3,4,5)6/h5-8H,1-4,9-12H2;/q+1;-1. The molecule has 0 rings (SSSR count). The van der Waals surface area contributed by atoms with Gasteiger partial charge in [0.25, 0.3) is 0 Å². The molecule has 0 heterocycles. The van der Waals surface area contributed by atoms with Crippen LogP contribution in [0, 0.1) is 0 Å². The molecule has 0 saturated carbocycles. The van der Waals surface area contributed by atoms with Crippen LogP contribution in [0.1, 0.15) is 0 Å². The SMILES string of the molecule is C=CC[N+](CC=C)(CC=C)CC=C.F[P-](F)(F)(F)(F)F. The second-order valence-corrected chi connectivity index (χ2v) is 6.10. The van der Waals surface area contributed by atoms with Gasteiger partial charge >= 0.3 is 33.0 Å². The molecular formula is C12H20F6NP. The Morgan fingerprint density at radius 3 is 0.850 bits per heavy atom.